The zero-order valence-corrected chi connectivity index (χ0v) is 8.51. The third kappa shape index (κ3) is 3.84. The SMILES string of the molecule is C#CCCC(=O)Nc1cnn(CC(=O)O)c1. The highest BCUT2D eigenvalue weighted by Crippen LogP contribution is 2.05. The second-order valence-electron chi connectivity index (χ2n) is 3.07. The fourth-order valence-corrected chi connectivity index (χ4v) is 1.06. The highest BCUT2D eigenvalue weighted by molar-refractivity contribution is 5.90. The number of amides is 1. The van der Waals surface area contributed by atoms with Gasteiger partial charge in [-0.2, -0.15) is 5.10 Å². The first-order valence-electron chi connectivity index (χ1n) is 4.59. The topological polar surface area (TPSA) is 84.2 Å². The van der Waals surface area contributed by atoms with E-state index >= 15 is 0 Å². The van der Waals surface area contributed by atoms with Gasteiger partial charge in [-0.3, -0.25) is 14.3 Å². The molecule has 0 aliphatic rings. The Morgan fingerprint density at radius 3 is 3.00 bits per heavy atom. The molecule has 0 aliphatic heterocycles. The standard InChI is InChI=1S/C10H11N3O3/c1-2-3-4-9(14)12-8-5-11-13(6-8)7-10(15)16/h1,5-6H,3-4,7H2,(H,12,14)(H,15,16). The number of carboxylic acid groups (broad SMARTS) is 1. The number of hydrogen-bond acceptors (Lipinski definition) is 3. The van der Waals surface area contributed by atoms with E-state index in [0.717, 1.165) is 0 Å². The molecule has 0 spiro atoms. The Labute approximate surface area is 92.3 Å². The van der Waals surface area contributed by atoms with Crippen LogP contribution in [0, 0.1) is 12.3 Å². The van der Waals surface area contributed by atoms with E-state index in [1.54, 1.807) is 0 Å². The Bertz CT molecular complexity index is 431. The molecule has 1 heterocycles. The van der Waals surface area contributed by atoms with Crippen LogP contribution in [0.1, 0.15) is 12.8 Å². The zero-order chi connectivity index (χ0) is 12.0. The molecule has 1 rings (SSSR count). The largest absolute Gasteiger partial charge is 0.480 e. The van der Waals surface area contributed by atoms with Crippen molar-refractivity contribution in [2.24, 2.45) is 0 Å². The Hall–Kier alpha value is -2.29. The molecule has 6 heteroatoms. The lowest BCUT2D eigenvalue weighted by Crippen LogP contribution is -2.11. The van der Waals surface area contributed by atoms with Crippen LogP contribution in [0.2, 0.25) is 0 Å². The molecular weight excluding hydrogens is 210 g/mol. The van der Waals surface area contributed by atoms with E-state index in [9.17, 15) is 9.59 Å². The molecule has 0 saturated heterocycles. The zero-order valence-electron chi connectivity index (χ0n) is 8.51. The summed E-state index contributed by atoms with van der Waals surface area (Å²) < 4.78 is 1.22. The number of terminal acetylenes is 1. The normalized spacial score (nSPS) is 9.44. The van der Waals surface area contributed by atoms with E-state index < -0.39 is 5.97 Å². The van der Waals surface area contributed by atoms with Crippen molar-refractivity contribution in [1.29, 1.82) is 0 Å². The van der Waals surface area contributed by atoms with E-state index in [2.05, 4.69) is 16.3 Å². The molecule has 84 valence electrons. The van der Waals surface area contributed by atoms with Gasteiger partial charge in [0.2, 0.25) is 5.91 Å². The van der Waals surface area contributed by atoms with Gasteiger partial charge in [0.25, 0.3) is 0 Å². The maximum absolute atomic E-state index is 11.2. The van der Waals surface area contributed by atoms with E-state index in [-0.39, 0.29) is 18.9 Å². The molecule has 1 aromatic heterocycles. The van der Waals surface area contributed by atoms with Crippen LogP contribution in [0.4, 0.5) is 5.69 Å². The summed E-state index contributed by atoms with van der Waals surface area (Å²) in [5.74, 6) is 1.15. The van der Waals surface area contributed by atoms with Crippen molar-refractivity contribution in [3.8, 4) is 12.3 Å². The van der Waals surface area contributed by atoms with E-state index in [1.165, 1.54) is 17.1 Å². The second-order valence-corrected chi connectivity index (χ2v) is 3.07. The van der Waals surface area contributed by atoms with Gasteiger partial charge in [-0.25, -0.2) is 0 Å². The van der Waals surface area contributed by atoms with Crippen LogP contribution < -0.4 is 5.32 Å². The number of aromatic nitrogens is 2. The van der Waals surface area contributed by atoms with Crippen molar-refractivity contribution in [2.75, 3.05) is 5.32 Å². The molecule has 0 bridgehead atoms. The number of carboxylic acids is 1. The van der Waals surface area contributed by atoms with Gasteiger partial charge in [0.05, 0.1) is 11.9 Å². The predicted octanol–water partition coefficient (Wildman–Crippen LogP) is 0.320. The summed E-state index contributed by atoms with van der Waals surface area (Å²) in [5, 5.41) is 14.8. The van der Waals surface area contributed by atoms with Gasteiger partial charge >= 0.3 is 5.97 Å². The number of aliphatic carboxylic acids is 1. The number of nitrogens with zero attached hydrogens (tertiary/aromatic N) is 2. The summed E-state index contributed by atoms with van der Waals surface area (Å²) in [5.41, 5.74) is 0.461. The first kappa shape index (κ1) is 11.8. The van der Waals surface area contributed by atoms with Gasteiger partial charge < -0.3 is 10.4 Å². The lowest BCUT2D eigenvalue weighted by atomic mass is 10.3. The number of anilines is 1. The number of carbonyl (C=O) groups is 2. The van der Waals surface area contributed by atoms with Gasteiger partial charge in [0.1, 0.15) is 6.54 Å². The lowest BCUT2D eigenvalue weighted by Gasteiger charge is -1.99. The summed E-state index contributed by atoms with van der Waals surface area (Å²) in [6.07, 6.45) is 8.46. The van der Waals surface area contributed by atoms with Crippen molar-refractivity contribution < 1.29 is 14.7 Å². The molecule has 16 heavy (non-hydrogen) atoms. The molecule has 0 aromatic carbocycles. The van der Waals surface area contributed by atoms with Crippen LogP contribution in [-0.4, -0.2) is 26.8 Å². The highest BCUT2D eigenvalue weighted by Gasteiger charge is 2.05. The Balaban J connectivity index is 2.49. The first-order valence-corrected chi connectivity index (χ1v) is 4.59. The van der Waals surface area contributed by atoms with Crippen molar-refractivity contribution in [3.63, 3.8) is 0 Å². The summed E-state index contributed by atoms with van der Waals surface area (Å²) in [6.45, 7) is -0.236. The van der Waals surface area contributed by atoms with Crippen LogP contribution in [0.3, 0.4) is 0 Å². The quantitative estimate of drug-likeness (QED) is 0.701. The number of carbonyl (C=O) groups excluding carboxylic acids is 1. The van der Waals surface area contributed by atoms with E-state index in [0.29, 0.717) is 12.1 Å². The molecule has 2 N–H and O–H groups in total. The molecule has 0 saturated carbocycles. The third-order valence-corrected chi connectivity index (χ3v) is 1.71. The highest BCUT2D eigenvalue weighted by atomic mass is 16.4. The summed E-state index contributed by atoms with van der Waals surface area (Å²) in [6, 6.07) is 0. The molecule has 0 aliphatic carbocycles. The van der Waals surface area contributed by atoms with Crippen LogP contribution in [0.5, 0.6) is 0 Å². The average Bonchev–Trinajstić information content (AvgIpc) is 2.61. The monoisotopic (exact) mass is 221 g/mol. The molecule has 1 amide bonds. The van der Waals surface area contributed by atoms with Gasteiger partial charge in [-0.15, -0.1) is 12.3 Å². The summed E-state index contributed by atoms with van der Waals surface area (Å²) in [7, 11) is 0. The maximum Gasteiger partial charge on any atom is 0.325 e. The van der Waals surface area contributed by atoms with Crippen LogP contribution >= 0.6 is 0 Å². The average molecular weight is 221 g/mol. The fourth-order valence-electron chi connectivity index (χ4n) is 1.06. The van der Waals surface area contributed by atoms with Gasteiger partial charge in [0, 0.05) is 19.0 Å². The smallest absolute Gasteiger partial charge is 0.325 e. The van der Waals surface area contributed by atoms with E-state index in [4.69, 9.17) is 11.5 Å². The van der Waals surface area contributed by atoms with Crippen molar-refractivity contribution >= 4 is 17.6 Å². The minimum Gasteiger partial charge on any atom is -0.480 e. The predicted molar refractivity (Wildman–Crippen MR) is 56.6 cm³/mol. The molecule has 0 fully saturated rings. The lowest BCUT2D eigenvalue weighted by molar-refractivity contribution is -0.137. The first-order chi connectivity index (χ1) is 7.61. The minimum absolute atomic E-state index is 0.215. The molecular formula is C10H11N3O3. The Kier molecular flexibility index (Phi) is 4.09. The van der Waals surface area contributed by atoms with Crippen LogP contribution in [-0.2, 0) is 16.1 Å². The summed E-state index contributed by atoms with van der Waals surface area (Å²) in [4.78, 5) is 21.6. The maximum atomic E-state index is 11.2. The van der Waals surface area contributed by atoms with Crippen molar-refractivity contribution in [3.05, 3.63) is 12.4 Å². The fraction of sp³-hybridized carbons (Fsp3) is 0.300. The van der Waals surface area contributed by atoms with Crippen LogP contribution in [0.15, 0.2) is 12.4 Å². The third-order valence-electron chi connectivity index (χ3n) is 1.71. The number of hydrogen-bond donors (Lipinski definition) is 2. The van der Waals surface area contributed by atoms with Crippen LogP contribution in [0.25, 0.3) is 0 Å². The number of rotatable bonds is 5. The van der Waals surface area contributed by atoms with Crippen molar-refractivity contribution in [2.45, 2.75) is 19.4 Å². The molecule has 1 aromatic rings. The Morgan fingerprint density at radius 1 is 1.62 bits per heavy atom. The molecule has 0 radical (unpaired) electrons. The van der Waals surface area contributed by atoms with Gasteiger partial charge in [-0.05, 0) is 0 Å². The summed E-state index contributed by atoms with van der Waals surface area (Å²) >= 11 is 0. The Morgan fingerprint density at radius 2 is 2.38 bits per heavy atom. The minimum atomic E-state index is -0.992. The van der Waals surface area contributed by atoms with E-state index in [1.807, 2.05) is 0 Å². The molecule has 0 unspecified atom stereocenters. The number of nitrogens with one attached hydrogen (secondary N) is 1. The molecule has 0 atom stereocenters. The van der Waals surface area contributed by atoms with Crippen molar-refractivity contribution in [1.82, 2.24) is 9.78 Å². The van der Waals surface area contributed by atoms with Gasteiger partial charge in [0.15, 0.2) is 0 Å². The second kappa shape index (κ2) is 5.56. The molecule has 6 nitrogen and oxygen atoms in total. The van der Waals surface area contributed by atoms with Gasteiger partial charge in [-0.1, -0.05) is 0 Å².